The van der Waals surface area contributed by atoms with Crippen LogP contribution in [-0.4, -0.2) is 0 Å². The van der Waals surface area contributed by atoms with Crippen LogP contribution in [0.1, 0.15) is 6.92 Å². The van der Waals surface area contributed by atoms with Gasteiger partial charge in [-0.3, -0.25) is 0 Å². The zero-order valence-electron chi connectivity index (χ0n) is 4.60. The first-order valence-corrected chi connectivity index (χ1v) is 0.707. The minimum Gasteiger partial charge on any atom is -1.00 e. The summed E-state index contributed by atoms with van der Waals surface area (Å²) in [6.45, 7) is 5.00. The summed E-state index contributed by atoms with van der Waals surface area (Å²) >= 11 is 0. The molecule has 0 spiro atoms. The predicted octanol–water partition coefficient (Wildman–Crippen LogP) is -14.1. The molecule has 7 heteroatoms. The number of halogens is 5. The van der Waals surface area contributed by atoms with E-state index < -0.39 is 0 Å². The summed E-state index contributed by atoms with van der Waals surface area (Å²) in [6.07, 6.45) is 0. The fourth-order valence-corrected chi connectivity index (χ4v) is 0. The molecule has 0 aliphatic heterocycles. The van der Waals surface area contributed by atoms with Gasteiger partial charge in [0, 0.05) is 0 Å². The Morgan fingerprint density at radius 2 is 0.556 bits per heavy atom. The molecule has 0 fully saturated rings. The van der Waals surface area contributed by atoms with Gasteiger partial charge in [0.25, 0.3) is 0 Å². The molecule has 0 aromatic rings. The maximum Gasteiger partial charge on any atom is 3.00 e. The Hall–Kier alpha value is 2.40. The van der Waals surface area contributed by atoms with Gasteiger partial charge >= 0.3 is 83.5 Å². The molecule has 0 heterocycles. The van der Waals surface area contributed by atoms with Crippen molar-refractivity contribution >= 4 is 0 Å². The second-order valence-electron chi connectivity index (χ2n) is 0. The van der Waals surface area contributed by atoms with E-state index in [0.29, 0.717) is 0 Å². The van der Waals surface area contributed by atoms with Crippen LogP contribution in [0.2, 0.25) is 0 Å². The molecule has 0 aromatic carbocycles. The molecule has 0 saturated heterocycles. The maximum atomic E-state index is 3.25. The van der Waals surface area contributed by atoms with Gasteiger partial charge in [0.1, 0.15) is 0 Å². The fourth-order valence-electron chi connectivity index (χ4n) is 0. The smallest absolute Gasteiger partial charge is 1.00 e. The molecule has 0 N–H and O–H groups in total. The third kappa shape index (κ3) is 127. The first-order valence-electron chi connectivity index (χ1n) is 0.707. The summed E-state index contributed by atoms with van der Waals surface area (Å²) in [5, 5.41) is 0. The molecule has 0 unspecified atom stereocenters. The van der Waals surface area contributed by atoms with Crippen LogP contribution in [-0.2, 0) is 0 Å². The van der Waals surface area contributed by atoms with Gasteiger partial charge in [-0.25, -0.2) is 0 Å². The van der Waals surface area contributed by atoms with Crippen molar-refractivity contribution in [2.24, 2.45) is 0 Å². The van der Waals surface area contributed by atoms with Crippen LogP contribution in [0.4, 0.5) is 0 Å². The molecule has 2 radical (unpaired) electrons. The van der Waals surface area contributed by atoms with E-state index in [1.54, 1.807) is 6.92 Å². The standard InChI is InChI=1S/C2H5.2Ce.5FH/c1-2;;;;;;;/h1H2,2H3;;;5*1H/q-1;2*+3;;;;;/p-5. The summed E-state index contributed by atoms with van der Waals surface area (Å²) in [5.74, 6) is 0. The zero-order chi connectivity index (χ0) is 2.00. The van der Waals surface area contributed by atoms with Crippen LogP contribution in [0.3, 0.4) is 0 Å². The van der Waals surface area contributed by atoms with Crippen LogP contribution in [0, 0.1) is 90.4 Å². The van der Waals surface area contributed by atoms with Gasteiger partial charge in [0.2, 0.25) is 0 Å². The van der Waals surface area contributed by atoms with E-state index in [0.717, 1.165) is 0 Å². The van der Waals surface area contributed by atoms with Crippen LogP contribution >= 0.6 is 0 Å². The Labute approximate surface area is 119 Å². The van der Waals surface area contributed by atoms with Gasteiger partial charge in [-0.15, -0.1) is 0 Å². The summed E-state index contributed by atoms with van der Waals surface area (Å²) in [6, 6.07) is 0. The van der Waals surface area contributed by atoms with Crippen molar-refractivity contribution in [1.29, 1.82) is 0 Å². The molecule has 0 aliphatic rings. The van der Waals surface area contributed by atoms with Crippen molar-refractivity contribution in [3.8, 4) is 0 Å². The van der Waals surface area contributed by atoms with E-state index in [-0.39, 0.29) is 107 Å². The average Bonchev–Trinajstić information content (AvgIpc) is 1.00. The topological polar surface area (TPSA) is 0 Å². The van der Waals surface area contributed by atoms with E-state index in [1.165, 1.54) is 0 Å². The van der Waals surface area contributed by atoms with Crippen molar-refractivity contribution < 1.29 is 107 Å². The molecule has 0 rings (SSSR count). The Morgan fingerprint density at radius 1 is 0.556 bits per heavy atom. The summed E-state index contributed by atoms with van der Waals surface area (Å²) < 4.78 is 0. The van der Waals surface area contributed by atoms with Crippen molar-refractivity contribution in [1.82, 2.24) is 0 Å². The van der Waals surface area contributed by atoms with Crippen molar-refractivity contribution in [2.75, 3.05) is 0 Å². The van der Waals surface area contributed by atoms with E-state index >= 15 is 0 Å². The molecule has 0 saturated carbocycles. The SMILES string of the molecule is [CH2-]C.[Ce+3].[Ce+3].[F-].[F-].[F-].[F-].[F-]. The number of hydrogen-bond donors (Lipinski definition) is 0. The van der Waals surface area contributed by atoms with Gasteiger partial charge in [0.05, 0.1) is 0 Å². The van der Waals surface area contributed by atoms with Gasteiger partial charge < -0.3 is 30.4 Å². The third-order valence-electron chi connectivity index (χ3n) is 0. The maximum absolute atomic E-state index is 3.25. The van der Waals surface area contributed by atoms with Gasteiger partial charge in [-0.1, -0.05) is 0 Å². The van der Waals surface area contributed by atoms with Crippen molar-refractivity contribution in [2.45, 2.75) is 6.92 Å². The van der Waals surface area contributed by atoms with Crippen molar-refractivity contribution in [3.63, 3.8) is 0 Å². The van der Waals surface area contributed by atoms with Crippen LogP contribution in [0.15, 0.2) is 0 Å². The molecule has 0 amide bonds. The summed E-state index contributed by atoms with van der Waals surface area (Å²) in [5.41, 5.74) is 0. The number of hydrogen-bond acceptors (Lipinski definition) is 0. The monoisotopic (exact) mass is 404 g/mol. The second kappa shape index (κ2) is 159. The van der Waals surface area contributed by atoms with E-state index in [4.69, 9.17) is 0 Å². The minimum absolute atomic E-state index is 0. The molecule has 0 aromatic heterocycles. The molecule has 9 heavy (non-hydrogen) atoms. The average molecular weight is 404 g/mol. The zero-order valence-corrected chi connectivity index (χ0v) is 10.9. The minimum atomic E-state index is 0. The Morgan fingerprint density at radius 3 is 0.556 bits per heavy atom. The largest absolute Gasteiger partial charge is 3.00 e. The Kier molecular flexibility index (Phi) is 1890. The number of rotatable bonds is 0. The fraction of sp³-hybridized carbons (Fsp3) is 0.500. The molecule has 0 atom stereocenters. The third-order valence-corrected chi connectivity index (χ3v) is 0. The first kappa shape index (κ1) is 107. The van der Waals surface area contributed by atoms with Crippen molar-refractivity contribution in [3.05, 3.63) is 6.92 Å². The quantitative estimate of drug-likeness (QED) is 0.278. The summed E-state index contributed by atoms with van der Waals surface area (Å²) in [7, 11) is 0. The normalized spacial score (nSPS) is 0.667. The van der Waals surface area contributed by atoms with Gasteiger partial charge in [0.15, 0.2) is 0 Å². The van der Waals surface area contributed by atoms with Crippen LogP contribution < -0.4 is 23.5 Å². The van der Waals surface area contributed by atoms with Crippen LogP contribution in [0.5, 0.6) is 0 Å². The molecule has 56 valence electrons. The van der Waals surface area contributed by atoms with Crippen LogP contribution in [0.25, 0.3) is 0 Å². The Bertz CT molecular complexity index is 12.9. The first-order chi connectivity index (χ1) is 1.00. The molecule has 0 aliphatic carbocycles. The summed E-state index contributed by atoms with van der Waals surface area (Å²) in [4.78, 5) is 0. The van der Waals surface area contributed by atoms with E-state index in [9.17, 15) is 0 Å². The predicted molar refractivity (Wildman–Crippen MR) is 11.0 cm³/mol. The molecule has 0 nitrogen and oxygen atoms in total. The van der Waals surface area contributed by atoms with Gasteiger partial charge in [-0.05, 0) is 0 Å². The molecular formula is C2H5Ce2F5. The van der Waals surface area contributed by atoms with E-state index in [2.05, 4.69) is 6.92 Å². The second-order valence-corrected chi connectivity index (χ2v) is 0. The van der Waals surface area contributed by atoms with Gasteiger partial charge in [-0.2, -0.15) is 6.92 Å². The molecular weight excluding hydrogens is 399 g/mol. The Balaban J connectivity index is -0.000000000238. The van der Waals surface area contributed by atoms with E-state index in [1.807, 2.05) is 0 Å². The molecule has 0 bridgehead atoms.